The first-order valence-corrected chi connectivity index (χ1v) is 10.3. The van der Waals surface area contributed by atoms with Gasteiger partial charge in [-0.3, -0.25) is 14.5 Å². The Kier molecular flexibility index (Phi) is 6.46. The molecule has 0 aromatic heterocycles. The van der Waals surface area contributed by atoms with Crippen molar-refractivity contribution >= 4 is 67.8 Å². The second kappa shape index (κ2) is 8.82. The van der Waals surface area contributed by atoms with Gasteiger partial charge in [0.2, 0.25) is 5.91 Å². The van der Waals surface area contributed by atoms with Gasteiger partial charge in [-0.1, -0.05) is 64.2 Å². The lowest BCUT2D eigenvalue weighted by Gasteiger charge is -2.14. The smallest absolute Gasteiger partial charge is 0.266 e. The highest BCUT2D eigenvalue weighted by Crippen LogP contribution is 2.33. The molecule has 7 heteroatoms. The molecule has 4 nitrogen and oxygen atoms in total. The molecule has 0 radical (unpaired) electrons. The van der Waals surface area contributed by atoms with Crippen LogP contribution in [0.3, 0.4) is 0 Å². The minimum atomic E-state index is -0.159. The van der Waals surface area contributed by atoms with Crippen LogP contribution in [0, 0.1) is 6.92 Å². The van der Waals surface area contributed by atoms with Crippen molar-refractivity contribution in [2.24, 2.45) is 0 Å². The number of anilines is 1. The van der Waals surface area contributed by atoms with Gasteiger partial charge in [-0.25, -0.2) is 0 Å². The Morgan fingerprint density at radius 3 is 2.78 bits per heavy atom. The molecule has 1 heterocycles. The van der Waals surface area contributed by atoms with Crippen molar-refractivity contribution in [1.29, 1.82) is 0 Å². The van der Waals surface area contributed by atoms with Crippen molar-refractivity contribution in [2.75, 3.05) is 11.9 Å². The first kappa shape index (κ1) is 19.8. The number of rotatable bonds is 5. The zero-order chi connectivity index (χ0) is 19.4. The fraction of sp³-hybridized carbons (Fsp3) is 0.150. The van der Waals surface area contributed by atoms with Gasteiger partial charge < -0.3 is 5.32 Å². The van der Waals surface area contributed by atoms with Gasteiger partial charge in [-0.15, -0.1) is 0 Å². The van der Waals surface area contributed by atoms with Crippen molar-refractivity contribution in [1.82, 2.24) is 4.90 Å². The van der Waals surface area contributed by atoms with Crippen molar-refractivity contribution in [3.05, 3.63) is 69.0 Å². The van der Waals surface area contributed by atoms with E-state index in [1.54, 1.807) is 0 Å². The summed E-state index contributed by atoms with van der Waals surface area (Å²) >= 11 is 10.0. The van der Waals surface area contributed by atoms with Gasteiger partial charge in [0.05, 0.1) is 4.91 Å². The minimum absolute atomic E-state index is 0.148. The third kappa shape index (κ3) is 5.28. The Balaban J connectivity index is 1.61. The molecule has 1 fully saturated rings. The van der Waals surface area contributed by atoms with Crippen molar-refractivity contribution in [2.45, 2.75) is 13.3 Å². The Morgan fingerprint density at radius 2 is 2.04 bits per heavy atom. The van der Waals surface area contributed by atoms with Crippen LogP contribution in [0.1, 0.15) is 17.5 Å². The Labute approximate surface area is 176 Å². The zero-order valence-electron chi connectivity index (χ0n) is 14.6. The molecule has 0 aliphatic carbocycles. The highest BCUT2D eigenvalue weighted by molar-refractivity contribution is 9.10. The molecular weight excluding hydrogens is 444 g/mol. The Bertz CT molecular complexity index is 943. The molecule has 2 aromatic rings. The van der Waals surface area contributed by atoms with Crippen LogP contribution in [0.15, 0.2) is 57.9 Å². The van der Waals surface area contributed by atoms with Crippen molar-refractivity contribution < 1.29 is 9.59 Å². The summed E-state index contributed by atoms with van der Waals surface area (Å²) in [5.41, 5.74) is 2.74. The zero-order valence-corrected chi connectivity index (χ0v) is 17.8. The molecule has 2 amide bonds. The summed E-state index contributed by atoms with van der Waals surface area (Å²) in [5.74, 6) is -0.307. The lowest BCUT2D eigenvalue weighted by atomic mass is 10.2. The van der Waals surface area contributed by atoms with Crippen LogP contribution in [-0.2, 0) is 9.59 Å². The van der Waals surface area contributed by atoms with Gasteiger partial charge in [0.15, 0.2) is 0 Å². The van der Waals surface area contributed by atoms with Crippen LogP contribution in [0.25, 0.3) is 6.08 Å². The van der Waals surface area contributed by atoms with Crippen LogP contribution < -0.4 is 5.32 Å². The monoisotopic (exact) mass is 460 g/mol. The van der Waals surface area contributed by atoms with Crippen LogP contribution in [0.5, 0.6) is 0 Å². The first-order chi connectivity index (χ1) is 12.9. The van der Waals surface area contributed by atoms with E-state index in [9.17, 15) is 9.59 Å². The van der Waals surface area contributed by atoms with E-state index >= 15 is 0 Å². The number of nitrogens with zero attached hydrogens (tertiary/aromatic N) is 1. The molecule has 138 valence electrons. The van der Waals surface area contributed by atoms with Crippen LogP contribution in [0.2, 0.25) is 0 Å². The maximum absolute atomic E-state index is 12.6. The second-order valence-electron chi connectivity index (χ2n) is 6.06. The molecule has 0 saturated carbocycles. The van der Waals surface area contributed by atoms with Crippen LogP contribution >= 0.6 is 39.9 Å². The number of hydrogen-bond acceptors (Lipinski definition) is 4. The van der Waals surface area contributed by atoms with E-state index < -0.39 is 0 Å². The lowest BCUT2D eigenvalue weighted by Crippen LogP contribution is -2.31. The molecular formula is C20H17BrN2O2S2. The number of amides is 2. The number of thioether (sulfide) groups is 1. The number of halogens is 1. The van der Waals surface area contributed by atoms with Gasteiger partial charge in [0.25, 0.3) is 5.91 Å². The van der Waals surface area contributed by atoms with E-state index in [0.29, 0.717) is 9.23 Å². The van der Waals surface area contributed by atoms with Gasteiger partial charge in [-0.2, -0.15) is 0 Å². The number of carbonyl (C=O) groups excluding carboxylic acids is 2. The minimum Gasteiger partial charge on any atom is -0.326 e. The summed E-state index contributed by atoms with van der Waals surface area (Å²) in [5, 5.41) is 2.85. The quantitative estimate of drug-likeness (QED) is 0.504. The average molecular weight is 461 g/mol. The number of aryl methyl sites for hydroxylation is 1. The number of nitrogens with one attached hydrogen (secondary N) is 1. The van der Waals surface area contributed by atoms with Crippen molar-refractivity contribution in [3.63, 3.8) is 0 Å². The number of thiocarbonyl (C=S) groups is 1. The molecule has 0 unspecified atom stereocenters. The van der Waals surface area contributed by atoms with E-state index in [0.717, 1.165) is 21.3 Å². The SMILES string of the molecule is Cc1cccc(NC(=O)CCN2C(=O)C(=Cc3cccc(Br)c3)SC2=S)c1. The predicted octanol–water partition coefficient (Wildman–Crippen LogP) is 4.99. The largest absolute Gasteiger partial charge is 0.326 e. The highest BCUT2D eigenvalue weighted by atomic mass is 79.9. The predicted molar refractivity (Wildman–Crippen MR) is 118 cm³/mol. The third-order valence-corrected chi connectivity index (χ3v) is 5.76. The van der Waals surface area contributed by atoms with Gasteiger partial charge in [0.1, 0.15) is 4.32 Å². The molecule has 1 N–H and O–H groups in total. The number of hydrogen-bond donors (Lipinski definition) is 1. The average Bonchev–Trinajstić information content (AvgIpc) is 2.86. The highest BCUT2D eigenvalue weighted by Gasteiger charge is 2.32. The van der Waals surface area contributed by atoms with Crippen LogP contribution in [-0.4, -0.2) is 27.6 Å². The molecule has 0 spiro atoms. The van der Waals surface area contributed by atoms with E-state index in [4.69, 9.17) is 12.2 Å². The molecule has 2 aromatic carbocycles. The summed E-state index contributed by atoms with van der Waals surface area (Å²) in [6.07, 6.45) is 2.00. The summed E-state index contributed by atoms with van der Waals surface area (Å²) in [6.45, 7) is 2.23. The van der Waals surface area contributed by atoms with E-state index in [1.165, 1.54) is 16.7 Å². The molecule has 1 saturated heterocycles. The van der Waals surface area contributed by atoms with Crippen LogP contribution in [0.4, 0.5) is 5.69 Å². The normalized spacial score (nSPS) is 15.5. The first-order valence-electron chi connectivity index (χ1n) is 8.30. The molecule has 27 heavy (non-hydrogen) atoms. The summed E-state index contributed by atoms with van der Waals surface area (Å²) in [6, 6.07) is 15.3. The Hall–Kier alpha value is -1.96. The maximum atomic E-state index is 12.6. The molecule has 1 aliphatic rings. The number of benzene rings is 2. The van der Waals surface area contributed by atoms with Gasteiger partial charge >= 0.3 is 0 Å². The van der Waals surface area contributed by atoms with E-state index in [2.05, 4.69) is 21.2 Å². The second-order valence-corrected chi connectivity index (χ2v) is 8.65. The summed E-state index contributed by atoms with van der Waals surface area (Å²) in [7, 11) is 0. The Morgan fingerprint density at radius 1 is 1.26 bits per heavy atom. The third-order valence-electron chi connectivity index (χ3n) is 3.88. The van der Waals surface area contributed by atoms with Gasteiger partial charge in [-0.05, 0) is 48.4 Å². The number of carbonyl (C=O) groups is 2. The summed E-state index contributed by atoms with van der Waals surface area (Å²) in [4.78, 5) is 26.9. The van der Waals surface area contributed by atoms with E-state index in [-0.39, 0.29) is 24.8 Å². The maximum Gasteiger partial charge on any atom is 0.266 e. The van der Waals surface area contributed by atoms with Gasteiger partial charge in [0, 0.05) is 23.1 Å². The van der Waals surface area contributed by atoms with E-state index in [1.807, 2.05) is 61.5 Å². The fourth-order valence-corrected chi connectivity index (χ4v) is 4.33. The fourth-order valence-electron chi connectivity index (χ4n) is 2.60. The molecule has 0 bridgehead atoms. The summed E-state index contributed by atoms with van der Waals surface area (Å²) < 4.78 is 1.42. The topological polar surface area (TPSA) is 49.4 Å². The standard InChI is InChI=1S/C20H17BrN2O2S2/c1-13-4-2-7-16(10-13)22-18(24)8-9-23-19(25)17(27-20(23)26)12-14-5-3-6-15(21)11-14/h2-7,10-12H,8-9H2,1H3,(H,22,24). The molecule has 0 atom stereocenters. The lowest BCUT2D eigenvalue weighted by molar-refractivity contribution is -0.122. The van der Waals surface area contributed by atoms with Crippen molar-refractivity contribution in [3.8, 4) is 0 Å². The molecule has 1 aliphatic heterocycles. The molecule has 3 rings (SSSR count).